The SMILES string of the molecule is CC(NCc1ccc(C#N)o1)c1cccc([N+](=O)[O-])c1. The first-order valence-corrected chi connectivity index (χ1v) is 6.06. The number of nitro benzene ring substituents is 1. The number of benzene rings is 1. The molecule has 1 N–H and O–H groups in total. The molecule has 2 rings (SSSR count). The fourth-order valence-corrected chi connectivity index (χ4v) is 1.81. The summed E-state index contributed by atoms with van der Waals surface area (Å²) in [6, 6.07) is 11.7. The smallest absolute Gasteiger partial charge is 0.269 e. The van der Waals surface area contributed by atoms with Gasteiger partial charge in [-0.1, -0.05) is 12.1 Å². The highest BCUT2D eigenvalue weighted by Gasteiger charge is 2.11. The average Bonchev–Trinajstić information content (AvgIpc) is 2.93. The van der Waals surface area contributed by atoms with Gasteiger partial charge in [-0.05, 0) is 24.6 Å². The fraction of sp³-hybridized carbons (Fsp3) is 0.214. The van der Waals surface area contributed by atoms with Gasteiger partial charge >= 0.3 is 0 Å². The van der Waals surface area contributed by atoms with Gasteiger partial charge in [0, 0.05) is 18.2 Å². The number of nitrogens with zero attached hydrogens (tertiary/aromatic N) is 2. The highest BCUT2D eigenvalue weighted by atomic mass is 16.6. The van der Waals surface area contributed by atoms with Crippen molar-refractivity contribution in [3.8, 4) is 6.07 Å². The number of hydrogen-bond donors (Lipinski definition) is 1. The quantitative estimate of drug-likeness (QED) is 0.666. The number of rotatable bonds is 5. The molecular weight excluding hydrogens is 258 g/mol. The van der Waals surface area contributed by atoms with E-state index in [-0.39, 0.29) is 17.5 Å². The van der Waals surface area contributed by atoms with E-state index >= 15 is 0 Å². The van der Waals surface area contributed by atoms with Crippen LogP contribution in [0, 0.1) is 21.4 Å². The Morgan fingerprint density at radius 2 is 2.25 bits per heavy atom. The molecule has 20 heavy (non-hydrogen) atoms. The molecule has 1 heterocycles. The lowest BCUT2D eigenvalue weighted by molar-refractivity contribution is -0.384. The van der Waals surface area contributed by atoms with Crippen molar-refractivity contribution in [2.24, 2.45) is 0 Å². The number of nitrogens with one attached hydrogen (secondary N) is 1. The Kier molecular flexibility index (Phi) is 4.13. The van der Waals surface area contributed by atoms with E-state index < -0.39 is 4.92 Å². The van der Waals surface area contributed by atoms with Crippen molar-refractivity contribution in [1.82, 2.24) is 5.32 Å². The predicted octanol–water partition coefficient (Wildman–Crippen LogP) is 2.91. The maximum Gasteiger partial charge on any atom is 0.269 e. The van der Waals surface area contributed by atoms with Crippen molar-refractivity contribution in [2.45, 2.75) is 19.5 Å². The van der Waals surface area contributed by atoms with Crippen LogP contribution in [0.2, 0.25) is 0 Å². The van der Waals surface area contributed by atoms with Crippen molar-refractivity contribution in [3.63, 3.8) is 0 Å². The maximum absolute atomic E-state index is 10.7. The maximum atomic E-state index is 10.7. The van der Waals surface area contributed by atoms with Gasteiger partial charge in [0.15, 0.2) is 0 Å². The van der Waals surface area contributed by atoms with E-state index in [0.29, 0.717) is 12.3 Å². The standard InChI is InChI=1S/C14H13N3O3/c1-10(11-3-2-4-12(7-11)17(18)19)16-9-14-6-5-13(8-15)20-14/h2-7,10,16H,9H2,1H3. The van der Waals surface area contributed by atoms with Gasteiger partial charge in [0.25, 0.3) is 5.69 Å². The Hall–Kier alpha value is -2.65. The molecule has 102 valence electrons. The molecule has 0 amide bonds. The van der Waals surface area contributed by atoms with Gasteiger partial charge in [0.2, 0.25) is 5.76 Å². The van der Waals surface area contributed by atoms with E-state index in [1.165, 1.54) is 6.07 Å². The molecule has 0 bridgehead atoms. The molecule has 0 saturated heterocycles. The molecule has 0 radical (unpaired) electrons. The summed E-state index contributed by atoms with van der Waals surface area (Å²) in [7, 11) is 0. The summed E-state index contributed by atoms with van der Waals surface area (Å²) in [5.74, 6) is 0.920. The van der Waals surface area contributed by atoms with Crippen LogP contribution < -0.4 is 5.32 Å². The number of hydrogen-bond acceptors (Lipinski definition) is 5. The van der Waals surface area contributed by atoms with Crippen LogP contribution in [0.1, 0.15) is 30.0 Å². The van der Waals surface area contributed by atoms with E-state index in [9.17, 15) is 10.1 Å². The summed E-state index contributed by atoms with van der Waals surface area (Å²) in [4.78, 5) is 10.3. The third kappa shape index (κ3) is 3.22. The third-order valence-corrected chi connectivity index (χ3v) is 2.94. The molecular formula is C14H13N3O3. The molecule has 2 aromatic rings. The lowest BCUT2D eigenvalue weighted by Crippen LogP contribution is -2.17. The molecule has 0 aliphatic heterocycles. The van der Waals surface area contributed by atoms with Crippen LogP contribution >= 0.6 is 0 Å². The minimum atomic E-state index is -0.415. The largest absolute Gasteiger partial charge is 0.449 e. The minimum Gasteiger partial charge on any atom is -0.449 e. The zero-order chi connectivity index (χ0) is 14.5. The second kappa shape index (κ2) is 5.99. The van der Waals surface area contributed by atoms with Crippen molar-refractivity contribution >= 4 is 5.69 Å². The summed E-state index contributed by atoms with van der Waals surface area (Å²) in [6.45, 7) is 2.36. The van der Waals surface area contributed by atoms with Crippen LogP contribution in [0.3, 0.4) is 0 Å². The van der Waals surface area contributed by atoms with Crippen LogP contribution in [0.25, 0.3) is 0 Å². The second-order valence-corrected chi connectivity index (χ2v) is 4.33. The molecule has 1 aromatic heterocycles. The van der Waals surface area contributed by atoms with Crippen molar-refractivity contribution < 1.29 is 9.34 Å². The summed E-state index contributed by atoms with van der Waals surface area (Å²) in [5, 5.41) is 22.6. The Bertz CT molecular complexity index is 658. The van der Waals surface area contributed by atoms with Gasteiger partial charge < -0.3 is 9.73 Å². The molecule has 6 heteroatoms. The van der Waals surface area contributed by atoms with E-state index in [2.05, 4.69) is 5.32 Å². The molecule has 1 aromatic carbocycles. The number of nitro groups is 1. The topological polar surface area (TPSA) is 92.1 Å². The first kappa shape index (κ1) is 13.8. The van der Waals surface area contributed by atoms with Crippen LogP contribution in [0.15, 0.2) is 40.8 Å². The van der Waals surface area contributed by atoms with Gasteiger partial charge in [-0.2, -0.15) is 5.26 Å². The normalized spacial score (nSPS) is 11.8. The summed E-state index contributed by atoms with van der Waals surface area (Å²) >= 11 is 0. The van der Waals surface area contributed by atoms with Crippen LogP contribution in [-0.2, 0) is 6.54 Å². The van der Waals surface area contributed by atoms with Gasteiger partial charge in [0.1, 0.15) is 11.8 Å². The first-order chi connectivity index (χ1) is 9.60. The first-order valence-electron chi connectivity index (χ1n) is 6.06. The molecule has 0 aliphatic carbocycles. The Morgan fingerprint density at radius 3 is 2.90 bits per heavy atom. The highest BCUT2D eigenvalue weighted by molar-refractivity contribution is 5.35. The van der Waals surface area contributed by atoms with Gasteiger partial charge in [-0.3, -0.25) is 10.1 Å². The van der Waals surface area contributed by atoms with E-state index in [4.69, 9.17) is 9.68 Å². The van der Waals surface area contributed by atoms with Crippen LogP contribution in [0.5, 0.6) is 0 Å². The summed E-state index contributed by atoms with van der Waals surface area (Å²) in [6.07, 6.45) is 0. The molecule has 0 spiro atoms. The van der Waals surface area contributed by atoms with Crippen molar-refractivity contribution in [3.05, 3.63) is 63.6 Å². The monoisotopic (exact) mass is 271 g/mol. The zero-order valence-electron chi connectivity index (χ0n) is 10.9. The Labute approximate surface area is 115 Å². The van der Waals surface area contributed by atoms with Gasteiger partial charge in [-0.15, -0.1) is 0 Å². The van der Waals surface area contributed by atoms with E-state index in [1.807, 2.05) is 19.1 Å². The molecule has 0 saturated carbocycles. The van der Waals surface area contributed by atoms with Crippen molar-refractivity contribution in [1.29, 1.82) is 5.26 Å². The van der Waals surface area contributed by atoms with Crippen LogP contribution in [-0.4, -0.2) is 4.92 Å². The molecule has 1 atom stereocenters. The average molecular weight is 271 g/mol. The second-order valence-electron chi connectivity index (χ2n) is 4.33. The predicted molar refractivity (Wildman–Crippen MR) is 71.8 cm³/mol. The van der Waals surface area contributed by atoms with Crippen LogP contribution in [0.4, 0.5) is 5.69 Å². The molecule has 0 aliphatic rings. The minimum absolute atomic E-state index is 0.0643. The van der Waals surface area contributed by atoms with E-state index in [1.54, 1.807) is 24.3 Å². The van der Waals surface area contributed by atoms with Gasteiger partial charge in [-0.25, -0.2) is 0 Å². The zero-order valence-corrected chi connectivity index (χ0v) is 10.9. The number of non-ortho nitro benzene ring substituents is 1. The molecule has 6 nitrogen and oxygen atoms in total. The fourth-order valence-electron chi connectivity index (χ4n) is 1.81. The third-order valence-electron chi connectivity index (χ3n) is 2.94. The summed E-state index contributed by atoms with van der Waals surface area (Å²) in [5.41, 5.74) is 0.896. The molecule has 0 fully saturated rings. The highest BCUT2D eigenvalue weighted by Crippen LogP contribution is 2.19. The number of nitriles is 1. The Balaban J connectivity index is 2.01. The molecule has 1 unspecified atom stereocenters. The lowest BCUT2D eigenvalue weighted by Gasteiger charge is -2.12. The number of furan rings is 1. The lowest BCUT2D eigenvalue weighted by atomic mass is 10.1. The summed E-state index contributed by atoms with van der Waals surface area (Å²) < 4.78 is 5.25. The van der Waals surface area contributed by atoms with E-state index in [0.717, 1.165) is 5.56 Å². The Morgan fingerprint density at radius 1 is 1.45 bits per heavy atom. The van der Waals surface area contributed by atoms with Crippen molar-refractivity contribution in [2.75, 3.05) is 0 Å². The van der Waals surface area contributed by atoms with Gasteiger partial charge in [0.05, 0.1) is 11.5 Å².